The molecule has 1 aliphatic rings. The molecule has 0 spiro atoms. The van der Waals surface area contributed by atoms with Crippen molar-refractivity contribution in [2.45, 2.75) is 53.0 Å². The summed E-state index contributed by atoms with van der Waals surface area (Å²) in [5.41, 5.74) is 8.44. The van der Waals surface area contributed by atoms with Crippen molar-refractivity contribution in [3.63, 3.8) is 0 Å². The first-order valence-electron chi connectivity index (χ1n) is 6.84. The van der Waals surface area contributed by atoms with Crippen LogP contribution in [-0.4, -0.2) is 11.0 Å². The van der Waals surface area contributed by atoms with Gasteiger partial charge >= 0.3 is 0 Å². The van der Waals surface area contributed by atoms with Gasteiger partial charge in [0.25, 0.3) is 0 Å². The zero-order valence-electron chi connectivity index (χ0n) is 12.3. The monoisotopic (exact) mass is 325 g/mol. The van der Waals surface area contributed by atoms with E-state index in [4.69, 9.17) is 5.73 Å². The summed E-state index contributed by atoms with van der Waals surface area (Å²) in [5, 5.41) is 3.62. The van der Waals surface area contributed by atoms with Gasteiger partial charge in [-0.2, -0.15) is 0 Å². The minimum atomic E-state index is 0.369. The van der Waals surface area contributed by atoms with E-state index in [0.717, 1.165) is 10.2 Å². The van der Waals surface area contributed by atoms with Gasteiger partial charge in [0.1, 0.15) is 0 Å². The normalized spacial score (nSPS) is 22.2. The molecular weight excluding hydrogens is 302 g/mol. The molecule has 0 amide bonds. The number of hydrogen-bond donors (Lipinski definition) is 2. The highest BCUT2D eigenvalue weighted by Crippen LogP contribution is 2.47. The van der Waals surface area contributed by atoms with E-state index in [2.05, 4.69) is 53.9 Å². The summed E-state index contributed by atoms with van der Waals surface area (Å²) in [6.07, 6.45) is 7.10. The molecular formula is C15H24BrN3. The number of pyridine rings is 1. The van der Waals surface area contributed by atoms with Crippen molar-refractivity contribution in [3.05, 3.63) is 16.9 Å². The Labute approximate surface area is 124 Å². The Morgan fingerprint density at radius 2 is 1.79 bits per heavy atom. The highest BCUT2D eigenvalue weighted by atomic mass is 79.9. The van der Waals surface area contributed by atoms with Crippen LogP contribution >= 0.6 is 15.9 Å². The molecule has 0 saturated heterocycles. The Hall–Kier alpha value is -0.770. The van der Waals surface area contributed by atoms with Gasteiger partial charge in [0.15, 0.2) is 0 Å². The van der Waals surface area contributed by atoms with Gasteiger partial charge in [0.05, 0.1) is 22.0 Å². The van der Waals surface area contributed by atoms with Crippen molar-refractivity contribution in [1.82, 2.24) is 4.98 Å². The highest BCUT2D eigenvalue weighted by Gasteiger charge is 2.38. The molecule has 4 heteroatoms. The van der Waals surface area contributed by atoms with Crippen LogP contribution in [0.4, 0.5) is 11.4 Å². The van der Waals surface area contributed by atoms with Gasteiger partial charge in [-0.25, -0.2) is 0 Å². The lowest BCUT2D eigenvalue weighted by Crippen LogP contribution is -2.40. The summed E-state index contributed by atoms with van der Waals surface area (Å²) in [6, 6.07) is 0.458. The molecule has 0 radical (unpaired) electrons. The van der Waals surface area contributed by atoms with E-state index in [1.165, 1.54) is 19.3 Å². The lowest BCUT2D eigenvalue weighted by molar-refractivity contribution is 0.105. The van der Waals surface area contributed by atoms with Gasteiger partial charge in [0, 0.05) is 12.2 Å². The number of rotatable bonds is 2. The molecule has 0 aliphatic heterocycles. The maximum atomic E-state index is 6.02. The lowest BCUT2D eigenvalue weighted by atomic mass is 9.63. The molecule has 3 N–H and O–H groups in total. The molecule has 1 aliphatic carbocycles. The zero-order chi connectivity index (χ0) is 14.3. The maximum Gasteiger partial charge on any atom is 0.0752 e. The van der Waals surface area contributed by atoms with Gasteiger partial charge in [-0.15, -0.1) is 0 Å². The fraction of sp³-hybridized carbons (Fsp3) is 0.667. The van der Waals surface area contributed by atoms with Crippen molar-refractivity contribution < 1.29 is 0 Å². The average molecular weight is 326 g/mol. The van der Waals surface area contributed by atoms with Gasteiger partial charge < -0.3 is 11.1 Å². The summed E-state index contributed by atoms with van der Waals surface area (Å²) in [4.78, 5) is 4.08. The number of nitrogen functional groups attached to an aromatic ring is 1. The number of anilines is 2. The third-order valence-electron chi connectivity index (χ3n) is 3.83. The quantitative estimate of drug-likeness (QED) is 0.844. The fourth-order valence-electron chi connectivity index (χ4n) is 3.75. The van der Waals surface area contributed by atoms with Gasteiger partial charge in [0.2, 0.25) is 0 Å². The van der Waals surface area contributed by atoms with Gasteiger partial charge in [-0.3, -0.25) is 4.98 Å². The summed E-state index contributed by atoms with van der Waals surface area (Å²) in [6.45, 7) is 9.42. The molecule has 2 rings (SSSR count). The first-order valence-corrected chi connectivity index (χ1v) is 7.63. The summed E-state index contributed by atoms with van der Waals surface area (Å²) < 4.78 is 0.939. The number of aromatic nitrogens is 1. The van der Waals surface area contributed by atoms with Gasteiger partial charge in [-0.05, 0) is 46.0 Å². The van der Waals surface area contributed by atoms with E-state index in [0.29, 0.717) is 22.6 Å². The third kappa shape index (κ3) is 3.62. The summed E-state index contributed by atoms with van der Waals surface area (Å²) >= 11 is 3.53. The Balaban J connectivity index is 2.19. The van der Waals surface area contributed by atoms with E-state index >= 15 is 0 Å². The topological polar surface area (TPSA) is 50.9 Å². The molecule has 1 heterocycles. The van der Waals surface area contributed by atoms with E-state index in [1.807, 2.05) is 0 Å². The number of hydrogen-bond acceptors (Lipinski definition) is 3. The van der Waals surface area contributed by atoms with E-state index in [-0.39, 0.29) is 0 Å². The smallest absolute Gasteiger partial charge is 0.0752 e. The Morgan fingerprint density at radius 1 is 1.21 bits per heavy atom. The van der Waals surface area contributed by atoms with Crippen molar-refractivity contribution in [2.75, 3.05) is 11.1 Å². The fourth-order valence-corrected chi connectivity index (χ4v) is 4.22. The molecule has 1 aromatic rings. The Kier molecular flexibility index (Phi) is 3.83. The van der Waals surface area contributed by atoms with E-state index in [9.17, 15) is 0 Å². The van der Waals surface area contributed by atoms with E-state index < -0.39 is 0 Å². The molecule has 0 unspecified atom stereocenters. The molecule has 1 aromatic heterocycles. The molecule has 1 saturated carbocycles. The van der Waals surface area contributed by atoms with Crippen molar-refractivity contribution in [1.29, 1.82) is 0 Å². The number of halogens is 1. The second-order valence-corrected chi connectivity index (χ2v) is 8.19. The predicted molar refractivity (Wildman–Crippen MR) is 85.2 cm³/mol. The van der Waals surface area contributed by atoms with Crippen LogP contribution in [0.25, 0.3) is 0 Å². The third-order valence-corrected chi connectivity index (χ3v) is 4.43. The molecule has 0 aromatic carbocycles. The molecule has 0 atom stereocenters. The van der Waals surface area contributed by atoms with Crippen LogP contribution in [0.2, 0.25) is 0 Å². The predicted octanol–water partition coefficient (Wildman–Crippen LogP) is 4.44. The van der Waals surface area contributed by atoms with Gasteiger partial charge in [-0.1, -0.05) is 27.7 Å². The maximum absolute atomic E-state index is 6.02. The first kappa shape index (κ1) is 14.6. The second-order valence-electron chi connectivity index (χ2n) is 7.34. The minimum absolute atomic E-state index is 0.369. The molecule has 19 heavy (non-hydrogen) atoms. The number of nitrogens with zero attached hydrogens (tertiary/aromatic N) is 1. The highest BCUT2D eigenvalue weighted by molar-refractivity contribution is 9.10. The van der Waals surface area contributed by atoms with Crippen LogP contribution in [-0.2, 0) is 0 Å². The number of nitrogens with two attached hydrogens (primary N) is 1. The van der Waals surface area contributed by atoms with Crippen LogP contribution in [0.1, 0.15) is 47.0 Å². The minimum Gasteiger partial charge on any atom is -0.396 e. The average Bonchev–Trinajstić information content (AvgIpc) is 2.19. The van der Waals surface area contributed by atoms with Crippen LogP contribution in [0.15, 0.2) is 16.9 Å². The lowest BCUT2D eigenvalue weighted by Gasteiger charge is -2.45. The van der Waals surface area contributed by atoms with Crippen molar-refractivity contribution >= 4 is 27.3 Å². The summed E-state index contributed by atoms with van der Waals surface area (Å²) in [5.74, 6) is 0. The van der Waals surface area contributed by atoms with Crippen LogP contribution in [0.3, 0.4) is 0 Å². The van der Waals surface area contributed by atoms with Crippen molar-refractivity contribution in [2.24, 2.45) is 10.8 Å². The zero-order valence-corrected chi connectivity index (χ0v) is 13.8. The molecule has 106 valence electrons. The molecule has 3 nitrogen and oxygen atoms in total. The van der Waals surface area contributed by atoms with Crippen LogP contribution in [0, 0.1) is 10.8 Å². The largest absolute Gasteiger partial charge is 0.396 e. The van der Waals surface area contributed by atoms with Crippen molar-refractivity contribution in [3.8, 4) is 0 Å². The number of nitrogens with one attached hydrogen (secondary N) is 1. The van der Waals surface area contributed by atoms with E-state index in [1.54, 1.807) is 12.4 Å². The second kappa shape index (κ2) is 4.97. The van der Waals surface area contributed by atoms with Crippen LogP contribution < -0.4 is 11.1 Å². The Morgan fingerprint density at radius 3 is 2.32 bits per heavy atom. The first-order chi connectivity index (χ1) is 8.69. The Bertz CT molecular complexity index is 432. The molecule has 0 bridgehead atoms. The summed E-state index contributed by atoms with van der Waals surface area (Å²) in [7, 11) is 0. The van der Waals surface area contributed by atoms with Crippen LogP contribution in [0.5, 0.6) is 0 Å². The standard InChI is InChI=1S/C15H24BrN3/c1-14(2)5-10(6-15(3,4)9-14)19-13-11(16)7-18-8-12(13)17/h7-8,10H,5-6,9,17H2,1-4H3,(H,18,19). The SMILES string of the molecule is CC1(C)CC(Nc2c(N)cncc2Br)CC(C)(C)C1. The molecule has 1 fully saturated rings.